The van der Waals surface area contributed by atoms with Gasteiger partial charge in [0.05, 0.1) is 11.7 Å². The Bertz CT molecular complexity index is 323. The average Bonchev–Trinajstić information content (AvgIpc) is 2.27. The molecule has 0 saturated heterocycles. The molecule has 2 rings (SSSR count). The summed E-state index contributed by atoms with van der Waals surface area (Å²) in [5, 5.41) is 21.0. The maximum atomic E-state index is 10.7. The fourth-order valence-corrected chi connectivity index (χ4v) is 3.71. The van der Waals surface area contributed by atoms with E-state index in [1.807, 2.05) is 0 Å². The Kier molecular flexibility index (Phi) is 3.16. The second-order valence-corrected chi connectivity index (χ2v) is 6.73. The first-order chi connectivity index (χ1) is 7.79. The summed E-state index contributed by atoms with van der Waals surface area (Å²) in [5.74, 6) is 0.561. The molecule has 0 amide bonds. The van der Waals surface area contributed by atoms with Crippen molar-refractivity contribution in [2.75, 3.05) is 0 Å². The van der Waals surface area contributed by atoms with Gasteiger partial charge in [-0.05, 0) is 43.9 Å². The van der Waals surface area contributed by atoms with Crippen LogP contribution >= 0.6 is 0 Å². The average molecular weight is 238 g/mol. The van der Waals surface area contributed by atoms with E-state index in [4.69, 9.17) is 0 Å². The molecule has 2 saturated carbocycles. The Labute approximate surface area is 105 Å². The van der Waals surface area contributed by atoms with Crippen molar-refractivity contribution in [3.8, 4) is 0 Å². The first kappa shape index (κ1) is 13.1. The van der Waals surface area contributed by atoms with Crippen molar-refractivity contribution in [1.29, 1.82) is 0 Å². The van der Waals surface area contributed by atoms with Crippen LogP contribution < -0.4 is 0 Å². The highest BCUT2D eigenvalue weighted by molar-refractivity contribution is 5.17. The Morgan fingerprint density at radius 1 is 1.35 bits per heavy atom. The van der Waals surface area contributed by atoms with E-state index in [2.05, 4.69) is 27.4 Å². The lowest BCUT2D eigenvalue weighted by molar-refractivity contribution is -0.127. The minimum atomic E-state index is -0.565. The van der Waals surface area contributed by atoms with Crippen molar-refractivity contribution >= 4 is 0 Å². The topological polar surface area (TPSA) is 40.5 Å². The molecule has 0 aromatic rings. The van der Waals surface area contributed by atoms with Crippen molar-refractivity contribution in [2.45, 2.75) is 64.6 Å². The summed E-state index contributed by atoms with van der Waals surface area (Å²) in [4.78, 5) is 0. The quantitative estimate of drug-likeness (QED) is 0.690. The Balaban J connectivity index is 2.26. The lowest BCUT2D eigenvalue weighted by Crippen LogP contribution is -2.53. The van der Waals surface area contributed by atoms with Gasteiger partial charge in [0.1, 0.15) is 0 Å². The smallest absolute Gasteiger partial charge is 0.0676 e. The van der Waals surface area contributed by atoms with Gasteiger partial charge in [0.2, 0.25) is 0 Å². The summed E-state index contributed by atoms with van der Waals surface area (Å²) in [7, 11) is 0. The van der Waals surface area contributed by atoms with E-state index in [0.717, 1.165) is 32.1 Å². The van der Waals surface area contributed by atoms with Crippen LogP contribution in [-0.4, -0.2) is 21.9 Å². The van der Waals surface area contributed by atoms with Gasteiger partial charge in [-0.3, -0.25) is 0 Å². The number of hydrogen-bond acceptors (Lipinski definition) is 2. The molecule has 0 radical (unpaired) electrons. The monoisotopic (exact) mass is 238 g/mol. The largest absolute Gasteiger partial charge is 0.393 e. The Morgan fingerprint density at radius 2 is 2.00 bits per heavy atom. The third kappa shape index (κ3) is 1.96. The number of allylic oxidation sites excluding steroid dienone is 1. The predicted octanol–water partition coefficient (Wildman–Crippen LogP) is 2.89. The SMILES string of the molecule is C=C1CC[C@H](O)[C@]2(C)CC[C@](O)(C(C)C)C[C@@H]12. The molecule has 0 bridgehead atoms. The number of fused-ring (bicyclic) bond motifs is 1. The Hall–Kier alpha value is -0.340. The van der Waals surface area contributed by atoms with Gasteiger partial charge in [-0.15, -0.1) is 0 Å². The second-order valence-electron chi connectivity index (χ2n) is 6.73. The van der Waals surface area contributed by atoms with Crippen molar-refractivity contribution in [3.63, 3.8) is 0 Å². The van der Waals surface area contributed by atoms with Gasteiger partial charge < -0.3 is 10.2 Å². The third-order valence-electron chi connectivity index (χ3n) is 5.52. The summed E-state index contributed by atoms with van der Waals surface area (Å²) in [6.45, 7) is 10.5. The number of aliphatic hydroxyl groups is 2. The zero-order valence-corrected chi connectivity index (χ0v) is 11.4. The minimum absolute atomic E-state index is 0.0591. The van der Waals surface area contributed by atoms with E-state index in [0.29, 0.717) is 0 Å². The lowest BCUT2D eigenvalue weighted by atomic mass is 9.53. The number of aliphatic hydroxyl groups excluding tert-OH is 1. The third-order valence-corrected chi connectivity index (χ3v) is 5.52. The van der Waals surface area contributed by atoms with Gasteiger partial charge in [-0.25, -0.2) is 0 Å². The van der Waals surface area contributed by atoms with E-state index in [1.165, 1.54) is 5.57 Å². The van der Waals surface area contributed by atoms with E-state index in [-0.39, 0.29) is 23.4 Å². The van der Waals surface area contributed by atoms with Crippen LogP contribution in [0.5, 0.6) is 0 Å². The maximum absolute atomic E-state index is 10.7. The summed E-state index contributed by atoms with van der Waals surface area (Å²) in [6.07, 6.45) is 4.02. The van der Waals surface area contributed by atoms with Crippen LogP contribution in [0, 0.1) is 17.3 Å². The van der Waals surface area contributed by atoms with Crippen LogP contribution in [0.25, 0.3) is 0 Å². The van der Waals surface area contributed by atoms with Crippen molar-refractivity contribution in [1.82, 2.24) is 0 Å². The highest BCUT2D eigenvalue weighted by Crippen LogP contribution is 2.55. The van der Waals surface area contributed by atoms with Gasteiger partial charge in [-0.2, -0.15) is 0 Å². The molecule has 0 unspecified atom stereocenters. The Morgan fingerprint density at radius 3 is 2.59 bits per heavy atom. The molecule has 0 heterocycles. The van der Waals surface area contributed by atoms with Gasteiger partial charge in [0.25, 0.3) is 0 Å². The molecule has 2 heteroatoms. The molecule has 2 aliphatic rings. The first-order valence-electron chi connectivity index (χ1n) is 6.88. The van der Waals surface area contributed by atoms with Crippen LogP contribution in [0.2, 0.25) is 0 Å². The number of rotatable bonds is 1. The maximum Gasteiger partial charge on any atom is 0.0676 e. The molecular weight excluding hydrogens is 212 g/mol. The molecule has 2 N–H and O–H groups in total. The zero-order valence-electron chi connectivity index (χ0n) is 11.4. The van der Waals surface area contributed by atoms with Gasteiger partial charge in [-0.1, -0.05) is 32.9 Å². The summed E-state index contributed by atoms with van der Waals surface area (Å²) in [6, 6.07) is 0. The molecule has 2 fully saturated rings. The zero-order chi connectivity index (χ0) is 12.8. The van der Waals surface area contributed by atoms with E-state index in [1.54, 1.807) is 0 Å². The summed E-state index contributed by atoms with van der Waals surface area (Å²) >= 11 is 0. The van der Waals surface area contributed by atoms with Gasteiger partial charge in [0, 0.05) is 5.41 Å². The van der Waals surface area contributed by atoms with Crippen molar-refractivity contribution in [2.24, 2.45) is 17.3 Å². The second kappa shape index (κ2) is 4.10. The standard InChI is InChI=1S/C15H26O2/c1-10(2)15(17)8-7-14(4)12(9-15)11(3)5-6-13(14)16/h10,12-13,16-17H,3,5-9H2,1-2,4H3/t12-,13-,14+,15+/m0/s1. The predicted molar refractivity (Wildman–Crippen MR) is 69.6 cm³/mol. The van der Waals surface area contributed by atoms with Crippen LogP contribution in [0.3, 0.4) is 0 Å². The molecule has 98 valence electrons. The van der Waals surface area contributed by atoms with Crippen molar-refractivity contribution in [3.05, 3.63) is 12.2 Å². The first-order valence-corrected chi connectivity index (χ1v) is 6.88. The normalized spacial score (nSPS) is 47.1. The fraction of sp³-hybridized carbons (Fsp3) is 0.867. The lowest BCUT2D eigenvalue weighted by Gasteiger charge is -2.54. The minimum Gasteiger partial charge on any atom is -0.393 e. The summed E-state index contributed by atoms with van der Waals surface area (Å²) < 4.78 is 0. The summed E-state index contributed by atoms with van der Waals surface area (Å²) in [5.41, 5.74) is 0.609. The van der Waals surface area contributed by atoms with Crippen LogP contribution in [-0.2, 0) is 0 Å². The highest BCUT2D eigenvalue weighted by Gasteiger charge is 2.52. The molecule has 0 spiro atoms. The van der Waals surface area contributed by atoms with Crippen LogP contribution in [0.1, 0.15) is 52.9 Å². The molecule has 17 heavy (non-hydrogen) atoms. The number of hydrogen-bond donors (Lipinski definition) is 2. The van der Waals surface area contributed by atoms with Gasteiger partial charge >= 0.3 is 0 Å². The van der Waals surface area contributed by atoms with E-state index < -0.39 is 5.60 Å². The molecule has 0 aromatic heterocycles. The molecule has 2 nitrogen and oxygen atoms in total. The van der Waals surface area contributed by atoms with Gasteiger partial charge in [0.15, 0.2) is 0 Å². The van der Waals surface area contributed by atoms with E-state index >= 15 is 0 Å². The molecule has 0 aromatic carbocycles. The molecule has 0 aliphatic heterocycles. The van der Waals surface area contributed by atoms with Crippen LogP contribution in [0.15, 0.2) is 12.2 Å². The highest BCUT2D eigenvalue weighted by atomic mass is 16.3. The molecule has 4 atom stereocenters. The van der Waals surface area contributed by atoms with Crippen LogP contribution in [0.4, 0.5) is 0 Å². The fourth-order valence-electron chi connectivity index (χ4n) is 3.71. The van der Waals surface area contributed by atoms with E-state index in [9.17, 15) is 10.2 Å². The molecular formula is C15H26O2. The van der Waals surface area contributed by atoms with Crippen molar-refractivity contribution < 1.29 is 10.2 Å². The molecule has 2 aliphatic carbocycles.